The predicted molar refractivity (Wildman–Crippen MR) is 45.1 cm³/mol. The molecular weight excluding hydrogens is 142 g/mol. The zero-order valence-electron chi connectivity index (χ0n) is 7.47. The normalized spacial score (nSPS) is 10.9. The molecular formula is C8H19NO2. The molecule has 0 aromatic carbocycles. The maximum Gasteiger partial charge on any atom is 0.0705 e. The lowest BCUT2D eigenvalue weighted by molar-refractivity contribution is 0.0227. The van der Waals surface area contributed by atoms with Crippen molar-refractivity contribution in [2.75, 3.05) is 19.8 Å². The minimum atomic E-state index is 0.270. The van der Waals surface area contributed by atoms with Crippen LogP contribution in [0.4, 0.5) is 0 Å². The summed E-state index contributed by atoms with van der Waals surface area (Å²) in [4.78, 5) is 5.11. The molecule has 0 unspecified atom stereocenters. The molecule has 0 rings (SSSR count). The topological polar surface area (TPSA) is 41.5 Å². The molecule has 2 N–H and O–H groups in total. The Hall–Kier alpha value is -0.120. The van der Waals surface area contributed by atoms with Gasteiger partial charge < -0.3 is 9.94 Å². The van der Waals surface area contributed by atoms with Gasteiger partial charge in [0.1, 0.15) is 0 Å². The first-order valence-corrected chi connectivity index (χ1v) is 4.23. The van der Waals surface area contributed by atoms with Crippen molar-refractivity contribution in [1.82, 2.24) is 5.48 Å². The zero-order chi connectivity index (χ0) is 8.53. The van der Waals surface area contributed by atoms with Crippen molar-refractivity contribution in [3.63, 3.8) is 0 Å². The first kappa shape index (κ1) is 10.9. The van der Waals surface area contributed by atoms with Crippen LogP contribution in [-0.2, 0) is 4.84 Å². The molecule has 3 heteroatoms. The number of hydrogen-bond acceptors (Lipinski definition) is 3. The van der Waals surface area contributed by atoms with Gasteiger partial charge in [0.25, 0.3) is 0 Å². The van der Waals surface area contributed by atoms with E-state index in [4.69, 9.17) is 9.94 Å². The average Bonchev–Trinajstić information content (AvgIpc) is 1.96. The number of nitrogens with one attached hydrogen (secondary N) is 1. The molecule has 3 nitrogen and oxygen atoms in total. The standard InChI is InChI=1S/C8H19NO2/c1-8(2)7-11-9-5-3-4-6-10/h8-10H,3-7H2,1-2H3. The smallest absolute Gasteiger partial charge is 0.0705 e. The van der Waals surface area contributed by atoms with Gasteiger partial charge in [-0.05, 0) is 18.8 Å². The summed E-state index contributed by atoms with van der Waals surface area (Å²) in [6, 6.07) is 0. The summed E-state index contributed by atoms with van der Waals surface area (Å²) in [6.45, 7) is 6.06. The summed E-state index contributed by atoms with van der Waals surface area (Å²) in [5.74, 6) is 0.570. The maximum absolute atomic E-state index is 8.44. The summed E-state index contributed by atoms with van der Waals surface area (Å²) in [7, 11) is 0. The number of hydroxylamine groups is 1. The maximum atomic E-state index is 8.44. The first-order valence-electron chi connectivity index (χ1n) is 4.23. The van der Waals surface area contributed by atoms with Gasteiger partial charge in [-0.2, -0.15) is 0 Å². The summed E-state index contributed by atoms with van der Waals surface area (Å²) < 4.78 is 0. The molecule has 0 atom stereocenters. The van der Waals surface area contributed by atoms with Crippen LogP contribution in [0.15, 0.2) is 0 Å². The van der Waals surface area contributed by atoms with Crippen LogP contribution < -0.4 is 5.48 Å². The van der Waals surface area contributed by atoms with Crippen LogP contribution in [0.25, 0.3) is 0 Å². The molecule has 0 aromatic heterocycles. The first-order chi connectivity index (χ1) is 5.27. The monoisotopic (exact) mass is 161 g/mol. The van der Waals surface area contributed by atoms with Crippen LogP contribution >= 0.6 is 0 Å². The van der Waals surface area contributed by atoms with Crippen molar-refractivity contribution in [2.24, 2.45) is 5.92 Å². The summed E-state index contributed by atoms with van der Waals surface area (Å²) >= 11 is 0. The van der Waals surface area contributed by atoms with Crippen molar-refractivity contribution in [3.8, 4) is 0 Å². The van der Waals surface area contributed by atoms with E-state index in [1.54, 1.807) is 0 Å². The Morgan fingerprint density at radius 2 is 2.09 bits per heavy atom. The second-order valence-corrected chi connectivity index (χ2v) is 3.03. The van der Waals surface area contributed by atoms with Gasteiger partial charge in [-0.25, -0.2) is 5.48 Å². The average molecular weight is 161 g/mol. The minimum absolute atomic E-state index is 0.270. The highest BCUT2D eigenvalue weighted by molar-refractivity contribution is 4.40. The van der Waals surface area contributed by atoms with E-state index in [9.17, 15) is 0 Å². The van der Waals surface area contributed by atoms with Crippen molar-refractivity contribution in [1.29, 1.82) is 0 Å². The Bertz CT molecular complexity index is 76.5. The molecule has 0 spiro atoms. The van der Waals surface area contributed by atoms with Crippen LogP contribution in [-0.4, -0.2) is 24.9 Å². The highest BCUT2D eigenvalue weighted by Gasteiger charge is 1.92. The van der Waals surface area contributed by atoms with Gasteiger partial charge >= 0.3 is 0 Å². The van der Waals surface area contributed by atoms with Gasteiger partial charge in [0.15, 0.2) is 0 Å². The number of rotatable bonds is 7. The molecule has 0 amide bonds. The summed E-state index contributed by atoms with van der Waals surface area (Å²) in [5.41, 5.74) is 2.84. The third-order valence-electron chi connectivity index (χ3n) is 1.21. The van der Waals surface area contributed by atoms with Crippen LogP contribution in [0.2, 0.25) is 0 Å². The Morgan fingerprint density at radius 1 is 1.36 bits per heavy atom. The van der Waals surface area contributed by atoms with Gasteiger partial charge in [0.2, 0.25) is 0 Å². The second kappa shape index (κ2) is 7.98. The molecule has 0 aliphatic heterocycles. The molecule has 0 saturated carbocycles. The van der Waals surface area contributed by atoms with Gasteiger partial charge in [0, 0.05) is 13.2 Å². The van der Waals surface area contributed by atoms with E-state index in [1.807, 2.05) is 0 Å². The third-order valence-corrected chi connectivity index (χ3v) is 1.21. The van der Waals surface area contributed by atoms with E-state index in [0.717, 1.165) is 26.0 Å². The van der Waals surface area contributed by atoms with Crippen LogP contribution in [0.1, 0.15) is 26.7 Å². The molecule has 0 radical (unpaired) electrons. The number of hydrogen-bond donors (Lipinski definition) is 2. The van der Waals surface area contributed by atoms with Crippen LogP contribution in [0.3, 0.4) is 0 Å². The van der Waals surface area contributed by atoms with Gasteiger partial charge in [0.05, 0.1) is 6.61 Å². The summed E-state index contributed by atoms with van der Waals surface area (Å²) in [6.07, 6.45) is 1.81. The quantitative estimate of drug-likeness (QED) is 0.431. The molecule has 11 heavy (non-hydrogen) atoms. The highest BCUT2D eigenvalue weighted by atomic mass is 16.6. The Kier molecular flexibility index (Phi) is 7.89. The fraction of sp³-hybridized carbons (Fsp3) is 1.00. The lowest BCUT2D eigenvalue weighted by atomic mass is 10.2. The molecule has 0 aromatic rings. The van der Waals surface area contributed by atoms with Crippen molar-refractivity contribution >= 4 is 0 Å². The highest BCUT2D eigenvalue weighted by Crippen LogP contribution is 1.90. The Labute approximate surface area is 68.7 Å². The van der Waals surface area contributed by atoms with Crippen molar-refractivity contribution < 1.29 is 9.94 Å². The lowest BCUT2D eigenvalue weighted by Gasteiger charge is -2.06. The van der Waals surface area contributed by atoms with Gasteiger partial charge in [-0.3, -0.25) is 0 Å². The fourth-order valence-corrected chi connectivity index (χ4v) is 0.607. The predicted octanol–water partition coefficient (Wildman–Crippen LogP) is 0.936. The van der Waals surface area contributed by atoms with Crippen LogP contribution in [0, 0.1) is 5.92 Å². The number of aliphatic hydroxyl groups excluding tert-OH is 1. The molecule has 0 aliphatic rings. The van der Waals surface area contributed by atoms with Gasteiger partial charge in [-0.15, -0.1) is 0 Å². The van der Waals surface area contributed by atoms with Crippen molar-refractivity contribution in [2.45, 2.75) is 26.7 Å². The Balaban J connectivity index is 2.80. The Morgan fingerprint density at radius 3 is 2.64 bits per heavy atom. The SMILES string of the molecule is CC(C)CONCCCCO. The minimum Gasteiger partial charge on any atom is -0.396 e. The molecule has 0 heterocycles. The van der Waals surface area contributed by atoms with E-state index < -0.39 is 0 Å². The zero-order valence-corrected chi connectivity index (χ0v) is 7.47. The molecule has 0 saturated heterocycles. The number of aliphatic hydroxyl groups is 1. The largest absolute Gasteiger partial charge is 0.396 e. The molecule has 0 bridgehead atoms. The van der Waals surface area contributed by atoms with Gasteiger partial charge in [-0.1, -0.05) is 13.8 Å². The molecule has 68 valence electrons. The van der Waals surface area contributed by atoms with E-state index in [2.05, 4.69) is 19.3 Å². The van der Waals surface area contributed by atoms with E-state index in [1.165, 1.54) is 0 Å². The fourth-order valence-electron chi connectivity index (χ4n) is 0.607. The van der Waals surface area contributed by atoms with E-state index in [0.29, 0.717) is 5.92 Å². The van der Waals surface area contributed by atoms with Crippen LogP contribution in [0.5, 0.6) is 0 Å². The van der Waals surface area contributed by atoms with E-state index >= 15 is 0 Å². The van der Waals surface area contributed by atoms with Crippen molar-refractivity contribution in [3.05, 3.63) is 0 Å². The summed E-state index contributed by atoms with van der Waals surface area (Å²) in [5, 5.41) is 8.44. The molecule has 0 fully saturated rings. The molecule has 0 aliphatic carbocycles. The van der Waals surface area contributed by atoms with E-state index in [-0.39, 0.29) is 6.61 Å². The second-order valence-electron chi connectivity index (χ2n) is 3.03. The number of unbranched alkanes of at least 4 members (excludes halogenated alkanes) is 1. The lowest BCUT2D eigenvalue weighted by Crippen LogP contribution is -2.19. The third kappa shape index (κ3) is 9.88.